The van der Waals surface area contributed by atoms with E-state index in [9.17, 15) is 9.59 Å². The largest absolute Gasteiger partial charge is 0.442 e. The van der Waals surface area contributed by atoms with Gasteiger partial charge >= 0.3 is 11.9 Å². The van der Waals surface area contributed by atoms with E-state index in [2.05, 4.69) is 0 Å². The number of hydrogen-bond donors (Lipinski definition) is 0. The summed E-state index contributed by atoms with van der Waals surface area (Å²) in [5.41, 5.74) is -0.204. The summed E-state index contributed by atoms with van der Waals surface area (Å²) in [5, 5.41) is 0. The van der Waals surface area contributed by atoms with Gasteiger partial charge in [-0.2, -0.15) is 0 Å². The van der Waals surface area contributed by atoms with E-state index in [1.165, 1.54) is 0 Å². The van der Waals surface area contributed by atoms with Crippen molar-refractivity contribution in [2.45, 2.75) is 18.6 Å². The summed E-state index contributed by atoms with van der Waals surface area (Å²) in [6.07, 6.45) is -1.00. The Morgan fingerprint density at radius 2 is 1.48 bits per heavy atom. The minimum Gasteiger partial charge on any atom is -0.442 e. The van der Waals surface area contributed by atoms with Gasteiger partial charge in [-0.1, -0.05) is 60.7 Å². The Bertz CT molecular complexity index is 666. The molecule has 0 amide bonds. The van der Waals surface area contributed by atoms with Crippen LogP contribution in [0.25, 0.3) is 0 Å². The number of carbonyl (C=O) groups excluding carboxylic acids is 2. The summed E-state index contributed by atoms with van der Waals surface area (Å²) in [7, 11) is 0. The third kappa shape index (κ3) is 2.29. The first kappa shape index (κ1) is 13.4. The van der Waals surface area contributed by atoms with E-state index in [0.29, 0.717) is 11.1 Å². The van der Waals surface area contributed by atoms with E-state index in [0.717, 1.165) is 0 Å². The number of cyclic esters (lactones) is 2. The average molecular weight is 282 g/mol. The predicted octanol–water partition coefficient (Wildman–Crippen LogP) is 2.74. The van der Waals surface area contributed by atoms with Gasteiger partial charge in [-0.3, -0.25) is 0 Å². The molecule has 2 atom stereocenters. The van der Waals surface area contributed by atoms with Gasteiger partial charge < -0.3 is 9.47 Å². The first-order chi connectivity index (χ1) is 10.1. The molecule has 0 N–H and O–H groups in total. The maximum Gasteiger partial charge on any atom is 0.356 e. The summed E-state index contributed by atoms with van der Waals surface area (Å²) in [5.74, 6) is -1.13. The molecule has 21 heavy (non-hydrogen) atoms. The molecule has 1 aliphatic rings. The van der Waals surface area contributed by atoms with Crippen LogP contribution in [0, 0.1) is 0 Å². The zero-order valence-corrected chi connectivity index (χ0v) is 11.5. The lowest BCUT2D eigenvalue weighted by Crippen LogP contribution is -2.46. The van der Waals surface area contributed by atoms with Crippen molar-refractivity contribution in [2.75, 3.05) is 0 Å². The SMILES string of the molecule is CC1(c2ccccc2)OC(=O)C(c2ccccc2)OC1=O. The number of carbonyl (C=O) groups is 2. The fraction of sp³-hybridized carbons (Fsp3) is 0.176. The summed E-state index contributed by atoms with van der Waals surface area (Å²) in [6.45, 7) is 1.55. The van der Waals surface area contributed by atoms with Crippen molar-refractivity contribution in [1.29, 1.82) is 0 Å². The van der Waals surface area contributed by atoms with Crippen LogP contribution in [0.15, 0.2) is 60.7 Å². The molecule has 0 radical (unpaired) electrons. The van der Waals surface area contributed by atoms with Crippen molar-refractivity contribution in [3.05, 3.63) is 71.8 Å². The van der Waals surface area contributed by atoms with Crippen LogP contribution < -0.4 is 0 Å². The van der Waals surface area contributed by atoms with Crippen molar-refractivity contribution >= 4 is 11.9 Å². The van der Waals surface area contributed by atoms with E-state index in [1.807, 2.05) is 12.1 Å². The minimum atomic E-state index is -1.40. The summed E-state index contributed by atoms with van der Waals surface area (Å²) < 4.78 is 10.8. The predicted molar refractivity (Wildman–Crippen MR) is 75.2 cm³/mol. The minimum absolute atomic E-state index is 0.563. The molecule has 1 fully saturated rings. The highest BCUT2D eigenvalue weighted by Crippen LogP contribution is 2.36. The van der Waals surface area contributed by atoms with Crippen molar-refractivity contribution < 1.29 is 19.1 Å². The average Bonchev–Trinajstić information content (AvgIpc) is 2.52. The summed E-state index contributed by atoms with van der Waals surface area (Å²) >= 11 is 0. The van der Waals surface area contributed by atoms with Gasteiger partial charge in [0.05, 0.1) is 0 Å². The Morgan fingerprint density at radius 1 is 0.905 bits per heavy atom. The van der Waals surface area contributed by atoms with Crippen LogP contribution in [0.1, 0.15) is 24.2 Å². The zero-order chi connectivity index (χ0) is 14.9. The lowest BCUT2D eigenvalue weighted by molar-refractivity contribution is -0.211. The molecule has 2 unspecified atom stereocenters. The van der Waals surface area contributed by atoms with Gasteiger partial charge in [0.25, 0.3) is 0 Å². The van der Waals surface area contributed by atoms with Crippen LogP contribution in [0.2, 0.25) is 0 Å². The number of hydrogen-bond acceptors (Lipinski definition) is 4. The van der Waals surface area contributed by atoms with E-state index in [4.69, 9.17) is 9.47 Å². The van der Waals surface area contributed by atoms with Crippen LogP contribution in [0.4, 0.5) is 0 Å². The zero-order valence-electron chi connectivity index (χ0n) is 11.5. The molecule has 0 spiro atoms. The van der Waals surface area contributed by atoms with E-state index < -0.39 is 23.6 Å². The van der Waals surface area contributed by atoms with Crippen LogP contribution in [-0.2, 0) is 24.7 Å². The molecular formula is C17H14O4. The van der Waals surface area contributed by atoms with E-state index in [-0.39, 0.29) is 0 Å². The molecule has 4 heteroatoms. The van der Waals surface area contributed by atoms with Crippen molar-refractivity contribution in [3.8, 4) is 0 Å². The molecule has 0 aliphatic carbocycles. The highest BCUT2D eigenvalue weighted by atomic mass is 16.7. The molecule has 2 aromatic carbocycles. The molecule has 3 rings (SSSR count). The Kier molecular flexibility index (Phi) is 3.22. The van der Waals surface area contributed by atoms with Crippen LogP contribution >= 0.6 is 0 Å². The molecule has 1 heterocycles. The molecule has 2 aromatic rings. The third-order valence-corrected chi connectivity index (χ3v) is 3.56. The summed E-state index contributed by atoms with van der Waals surface area (Å²) in [4.78, 5) is 24.6. The van der Waals surface area contributed by atoms with Crippen molar-refractivity contribution in [3.63, 3.8) is 0 Å². The quantitative estimate of drug-likeness (QED) is 0.795. The fourth-order valence-corrected chi connectivity index (χ4v) is 2.33. The van der Waals surface area contributed by atoms with Gasteiger partial charge in [0.2, 0.25) is 11.7 Å². The molecule has 0 bridgehead atoms. The third-order valence-electron chi connectivity index (χ3n) is 3.56. The number of benzene rings is 2. The second-order valence-corrected chi connectivity index (χ2v) is 5.02. The van der Waals surface area contributed by atoms with Crippen molar-refractivity contribution in [1.82, 2.24) is 0 Å². The van der Waals surface area contributed by atoms with E-state index in [1.54, 1.807) is 55.5 Å². The first-order valence-electron chi connectivity index (χ1n) is 6.66. The van der Waals surface area contributed by atoms with Crippen LogP contribution in [0.3, 0.4) is 0 Å². The van der Waals surface area contributed by atoms with Gasteiger partial charge in [0.15, 0.2) is 0 Å². The number of rotatable bonds is 2. The maximum atomic E-state index is 12.3. The Morgan fingerprint density at radius 3 is 2.10 bits per heavy atom. The topological polar surface area (TPSA) is 52.6 Å². The Balaban J connectivity index is 1.92. The molecule has 0 saturated carbocycles. The number of ether oxygens (including phenoxy) is 2. The fourth-order valence-electron chi connectivity index (χ4n) is 2.33. The van der Waals surface area contributed by atoms with Gasteiger partial charge in [-0.25, -0.2) is 9.59 Å². The molecular weight excluding hydrogens is 268 g/mol. The molecule has 4 nitrogen and oxygen atoms in total. The highest BCUT2D eigenvalue weighted by Gasteiger charge is 2.49. The smallest absolute Gasteiger partial charge is 0.356 e. The van der Waals surface area contributed by atoms with Crippen molar-refractivity contribution in [2.24, 2.45) is 0 Å². The monoisotopic (exact) mass is 282 g/mol. The maximum absolute atomic E-state index is 12.3. The second-order valence-electron chi connectivity index (χ2n) is 5.02. The summed E-state index contributed by atoms with van der Waals surface area (Å²) in [6, 6.07) is 17.7. The van der Waals surface area contributed by atoms with Crippen LogP contribution in [-0.4, -0.2) is 11.9 Å². The van der Waals surface area contributed by atoms with Crippen LogP contribution in [0.5, 0.6) is 0 Å². The van der Waals surface area contributed by atoms with E-state index >= 15 is 0 Å². The van der Waals surface area contributed by atoms with Gasteiger partial charge in [0, 0.05) is 11.1 Å². The highest BCUT2D eigenvalue weighted by molar-refractivity contribution is 5.91. The lowest BCUT2D eigenvalue weighted by Gasteiger charge is -2.35. The Hall–Kier alpha value is -2.62. The molecule has 1 aliphatic heterocycles. The lowest BCUT2D eigenvalue weighted by atomic mass is 9.94. The Labute approximate surface area is 122 Å². The molecule has 1 saturated heterocycles. The second kappa shape index (κ2) is 5.05. The van der Waals surface area contributed by atoms with Gasteiger partial charge in [0.1, 0.15) is 0 Å². The first-order valence-corrected chi connectivity index (χ1v) is 6.66. The number of esters is 2. The molecule has 0 aromatic heterocycles. The normalized spacial score (nSPS) is 25.1. The van der Waals surface area contributed by atoms with Gasteiger partial charge in [-0.05, 0) is 6.92 Å². The van der Waals surface area contributed by atoms with Gasteiger partial charge in [-0.15, -0.1) is 0 Å². The standard InChI is InChI=1S/C17H14O4/c1-17(13-10-6-3-7-11-13)16(19)20-14(15(18)21-17)12-8-4-2-5-9-12/h2-11,14H,1H3. The molecule has 106 valence electrons.